The zero-order chi connectivity index (χ0) is 27.6. The second-order valence-corrected chi connectivity index (χ2v) is 10.5. The van der Waals surface area contributed by atoms with E-state index in [9.17, 15) is 4.79 Å². The number of unbranched alkanes of at least 4 members (excludes halogenated alkanes) is 1. The minimum Gasteiger partial charge on any atom is -0.493 e. The van der Waals surface area contributed by atoms with E-state index >= 15 is 0 Å². The predicted molar refractivity (Wildman–Crippen MR) is 163 cm³/mol. The average Bonchev–Trinajstić information content (AvgIpc) is 3.33. The lowest BCUT2D eigenvalue weighted by atomic mass is 9.87. The normalized spacial score (nSPS) is 16.7. The van der Waals surface area contributed by atoms with Gasteiger partial charge >= 0.3 is 0 Å². The monoisotopic (exact) mass is 532 g/mol. The maximum atomic E-state index is 14.3. The van der Waals surface area contributed by atoms with Crippen molar-refractivity contribution in [2.24, 2.45) is 0 Å². The van der Waals surface area contributed by atoms with E-state index in [2.05, 4.69) is 78.2 Å². The van der Waals surface area contributed by atoms with E-state index in [4.69, 9.17) is 9.47 Å². The van der Waals surface area contributed by atoms with Crippen LogP contribution in [0.25, 0.3) is 21.8 Å². The molecule has 4 aromatic carbocycles. The number of aromatic nitrogens is 1. The molecule has 5 aromatic rings. The number of hydrogen-bond acceptors (Lipinski definition) is 3. The number of carbonyl (C=O) groups excluding carboxylic acids is 1. The molecule has 40 heavy (non-hydrogen) atoms. The molecule has 5 nitrogen and oxygen atoms in total. The Kier molecular flexibility index (Phi) is 7.21. The maximum absolute atomic E-state index is 14.3. The summed E-state index contributed by atoms with van der Waals surface area (Å²) in [6.45, 7) is 4.69. The van der Waals surface area contributed by atoms with Gasteiger partial charge in [0, 0.05) is 39.1 Å². The number of fused-ring (bicyclic) bond motifs is 4. The lowest BCUT2D eigenvalue weighted by molar-refractivity contribution is 0.0968. The minimum atomic E-state index is -0.00410. The van der Waals surface area contributed by atoms with E-state index in [1.165, 1.54) is 27.4 Å². The van der Waals surface area contributed by atoms with Gasteiger partial charge in [-0.05, 0) is 61.7 Å². The van der Waals surface area contributed by atoms with E-state index in [1.54, 1.807) is 7.11 Å². The molecule has 0 bridgehead atoms. The van der Waals surface area contributed by atoms with Crippen LogP contribution >= 0.6 is 0 Å². The van der Waals surface area contributed by atoms with Crippen molar-refractivity contribution >= 4 is 33.4 Å². The minimum absolute atomic E-state index is 0.00410. The van der Waals surface area contributed by atoms with Gasteiger partial charge in [-0.1, -0.05) is 74.4 Å². The lowest BCUT2D eigenvalue weighted by Gasteiger charge is -2.42. The smallest absolute Gasteiger partial charge is 0.258 e. The van der Waals surface area contributed by atoms with Crippen molar-refractivity contribution < 1.29 is 14.3 Å². The van der Waals surface area contributed by atoms with Crippen molar-refractivity contribution in [1.82, 2.24) is 4.57 Å². The maximum Gasteiger partial charge on any atom is 0.258 e. The molecule has 2 heterocycles. The van der Waals surface area contributed by atoms with Crippen molar-refractivity contribution in [2.45, 2.75) is 51.6 Å². The fraction of sp³-hybridized carbons (Fsp3) is 0.286. The number of benzene rings is 4. The molecule has 0 saturated carbocycles. The summed E-state index contributed by atoms with van der Waals surface area (Å²) in [6, 6.07) is 31.5. The third kappa shape index (κ3) is 4.40. The topological polar surface area (TPSA) is 43.7 Å². The number of anilines is 1. The number of hydrogen-bond donors (Lipinski definition) is 0. The van der Waals surface area contributed by atoms with Crippen LogP contribution in [-0.4, -0.2) is 30.2 Å². The summed E-state index contributed by atoms with van der Waals surface area (Å²) in [4.78, 5) is 16.4. The van der Waals surface area contributed by atoms with Crippen LogP contribution in [-0.2, 0) is 0 Å². The molecular formula is C35H36N2O3. The Morgan fingerprint density at radius 3 is 2.20 bits per heavy atom. The van der Waals surface area contributed by atoms with Gasteiger partial charge < -0.3 is 18.9 Å². The van der Waals surface area contributed by atoms with Gasteiger partial charge in [0.2, 0.25) is 0 Å². The van der Waals surface area contributed by atoms with Crippen LogP contribution in [0.4, 0.5) is 5.69 Å². The molecule has 0 spiro atoms. The fourth-order valence-electron chi connectivity index (χ4n) is 6.38. The predicted octanol–water partition coefficient (Wildman–Crippen LogP) is 8.40. The first-order valence-corrected chi connectivity index (χ1v) is 14.4. The molecule has 1 aliphatic heterocycles. The second kappa shape index (κ2) is 11.1. The standard InChI is InChI=1S/C35H36N2O3/c1-4-6-13-25-23-32(37-29-17-10-7-14-26(29)27-15-8-11-18-30(27)37)28-16-9-12-19-31(28)36(25)35(38)24-20-21-33(40-5-2)34(22-24)39-3/h7-12,14-22,25,32H,4-6,13,23H2,1-3H3. The molecule has 204 valence electrons. The number of rotatable bonds is 8. The summed E-state index contributed by atoms with van der Waals surface area (Å²) in [5.74, 6) is 1.22. The van der Waals surface area contributed by atoms with Gasteiger partial charge in [-0.25, -0.2) is 0 Å². The first-order chi connectivity index (χ1) is 19.7. The summed E-state index contributed by atoms with van der Waals surface area (Å²) in [7, 11) is 1.61. The highest BCUT2D eigenvalue weighted by Crippen LogP contribution is 2.45. The number of carbonyl (C=O) groups is 1. The van der Waals surface area contributed by atoms with Gasteiger partial charge in [0.15, 0.2) is 11.5 Å². The van der Waals surface area contributed by atoms with E-state index < -0.39 is 0 Å². The molecule has 1 aliphatic rings. The van der Waals surface area contributed by atoms with Crippen molar-refractivity contribution in [3.8, 4) is 11.5 Å². The van der Waals surface area contributed by atoms with E-state index in [-0.39, 0.29) is 18.0 Å². The summed E-state index contributed by atoms with van der Waals surface area (Å²) in [5.41, 5.74) is 5.22. The van der Waals surface area contributed by atoms with Gasteiger partial charge in [-0.3, -0.25) is 4.79 Å². The number of ether oxygens (including phenoxy) is 2. The molecule has 5 heteroatoms. The Balaban J connectivity index is 1.50. The second-order valence-electron chi connectivity index (χ2n) is 10.5. The molecule has 0 N–H and O–H groups in total. The van der Waals surface area contributed by atoms with Crippen molar-refractivity contribution in [3.63, 3.8) is 0 Å². The summed E-state index contributed by atoms with van der Waals surface area (Å²) in [6.07, 6.45) is 3.93. The molecule has 1 amide bonds. The van der Waals surface area contributed by atoms with Crippen LogP contribution in [0.3, 0.4) is 0 Å². The van der Waals surface area contributed by atoms with Crippen LogP contribution in [0.2, 0.25) is 0 Å². The van der Waals surface area contributed by atoms with E-state index in [1.807, 2.05) is 36.1 Å². The number of methoxy groups -OCH3 is 1. The molecule has 0 saturated heterocycles. The largest absolute Gasteiger partial charge is 0.493 e. The third-order valence-electron chi connectivity index (χ3n) is 8.16. The zero-order valence-corrected chi connectivity index (χ0v) is 23.5. The number of para-hydroxylation sites is 3. The Labute approximate surface area is 235 Å². The molecule has 6 rings (SSSR count). The first kappa shape index (κ1) is 26.0. The van der Waals surface area contributed by atoms with Gasteiger partial charge in [0.05, 0.1) is 19.8 Å². The highest BCUT2D eigenvalue weighted by atomic mass is 16.5. The Morgan fingerprint density at radius 1 is 0.850 bits per heavy atom. The van der Waals surface area contributed by atoms with E-state index in [0.29, 0.717) is 23.7 Å². The Hall–Kier alpha value is -4.25. The molecule has 0 aliphatic carbocycles. The molecule has 1 aromatic heterocycles. The summed E-state index contributed by atoms with van der Waals surface area (Å²) in [5, 5.41) is 2.53. The van der Waals surface area contributed by atoms with Crippen LogP contribution in [0.15, 0.2) is 91.0 Å². The van der Waals surface area contributed by atoms with Crippen LogP contribution in [0.5, 0.6) is 11.5 Å². The third-order valence-corrected chi connectivity index (χ3v) is 8.16. The van der Waals surface area contributed by atoms with Crippen molar-refractivity contribution in [2.75, 3.05) is 18.6 Å². The molecule has 0 radical (unpaired) electrons. The van der Waals surface area contributed by atoms with Gasteiger partial charge in [-0.15, -0.1) is 0 Å². The average molecular weight is 533 g/mol. The van der Waals surface area contributed by atoms with Crippen LogP contribution < -0.4 is 14.4 Å². The van der Waals surface area contributed by atoms with Crippen molar-refractivity contribution in [1.29, 1.82) is 0 Å². The highest BCUT2D eigenvalue weighted by Gasteiger charge is 2.38. The van der Waals surface area contributed by atoms with E-state index in [0.717, 1.165) is 31.4 Å². The van der Waals surface area contributed by atoms with Gasteiger partial charge in [0.25, 0.3) is 5.91 Å². The molecule has 2 atom stereocenters. The van der Waals surface area contributed by atoms with Crippen LogP contribution in [0.1, 0.15) is 61.5 Å². The highest BCUT2D eigenvalue weighted by molar-refractivity contribution is 6.09. The Morgan fingerprint density at radius 2 is 1.52 bits per heavy atom. The fourth-order valence-corrected chi connectivity index (χ4v) is 6.38. The molecule has 2 unspecified atom stereocenters. The lowest BCUT2D eigenvalue weighted by Crippen LogP contribution is -2.46. The van der Waals surface area contributed by atoms with Crippen molar-refractivity contribution in [3.05, 3.63) is 102 Å². The summed E-state index contributed by atoms with van der Waals surface area (Å²) < 4.78 is 13.8. The van der Waals surface area contributed by atoms with Gasteiger partial charge in [0.1, 0.15) is 0 Å². The number of amides is 1. The number of nitrogens with zero attached hydrogens (tertiary/aromatic N) is 2. The zero-order valence-electron chi connectivity index (χ0n) is 23.5. The quantitative estimate of drug-likeness (QED) is 0.202. The SMILES string of the molecule is CCCCC1CC(n2c3ccccc3c3ccccc32)c2ccccc2N1C(=O)c1ccc(OCC)c(OC)c1. The Bertz CT molecular complexity index is 1620. The molecule has 0 fully saturated rings. The molecular weight excluding hydrogens is 496 g/mol. The van der Waals surface area contributed by atoms with Crippen LogP contribution in [0, 0.1) is 0 Å². The first-order valence-electron chi connectivity index (χ1n) is 14.4. The van der Waals surface area contributed by atoms with Gasteiger partial charge in [-0.2, -0.15) is 0 Å². The summed E-state index contributed by atoms with van der Waals surface area (Å²) >= 11 is 0.